The molecule has 236 valence electrons. The number of amides is 1. The molecule has 3 saturated heterocycles. The average molecular weight is 622 g/mol. The number of H-pyrrole nitrogens is 1. The van der Waals surface area contributed by atoms with Gasteiger partial charge in [-0.3, -0.25) is 19.5 Å². The quantitative estimate of drug-likeness (QED) is 0.363. The van der Waals surface area contributed by atoms with Crippen LogP contribution in [0, 0.1) is 19.3 Å². The van der Waals surface area contributed by atoms with Crippen LogP contribution in [0.15, 0.2) is 24.9 Å². The first-order chi connectivity index (χ1) is 21.3. The molecule has 1 amide bonds. The van der Waals surface area contributed by atoms with Crippen molar-refractivity contribution in [3.05, 3.63) is 41.2 Å². The van der Waals surface area contributed by atoms with Gasteiger partial charge >= 0.3 is 0 Å². The van der Waals surface area contributed by atoms with Gasteiger partial charge in [-0.2, -0.15) is 10.2 Å². The highest BCUT2D eigenvalue weighted by molar-refractivity contribution is 6.36. The summed E-state index contributed by atoms with van der Waals surface area (Å²) in [7, 11) is 1.78. The van der Waals surface area contributed by atoms with Crippen LogP contribution >= 0.6 is 11.6 Å². The van der Waals surface area contributed by atoms with Crippen molar-refractivity contribution in [3.8, 4) is 11.1 Å². The summed E-state index contributed by atoms with van der Waals surface area (Å²) < 4.78 is 13.6. The zero-order chi connectivity index (χ0) is 30.6. The summed E-state index contributed by atoms with van der Waals surface area (Å²) in [5.41, 5.74) is 5.42. The molecule has 2 aromatic heterocycles. The van der Waals surface area contributed by atoms with Crippen molar-refractivity contribution < 1.29 is 14.3 Å². The third kappa shape index (κ3) is 5.04. The molecule has 1 aliphatic carbocycles. The van der Waals surface area contributed by atoms with Crippen LogP contribution < -0.4 is 4.90 Å². The molecule has 1 atom stereocenters. The summed E-state index contributed by atoms with van der Waals surface area (Å²) in [6.07, 6.45) is 8.44. The average Bonchev–Trinajstić information content (AvgIpc) is 3.59. The van der Waals surface area contributed by atoms with Crippen molar-refractivity contribution >= 4 is 34.2 Å². The number of aryl methyl sites for hydroxylation is 1. The van der Waals surface area contributed by atoms with Gasteiger partial charge in [0, 0.05) is 99.4 Å². The van der Waals surface area contributed by atoms with E-state index in [9.17, 15) is 4.79 Å². The first-order valence-electron chi connectivity index (χ1n) is 16.0. The van der Waals surface area contributed by atoms with Gasteiger partial charge in [-0.25, -0.2) is 0 Å². The number of carbonyl (C=O) groups is 1. The van der Waals surface area contributed by atoms with Gasteiger partial charge in [0.15, 0.2) is 5.82 Å². The van der Waals surface area contributed by atoms with E-state index in [0.717, 1.165) is 122 Å². The smallest absolute Gasteiger partial charge is 0.245 e. The van der Waals surface area contributed by atoms with Gasteiger partial charge in [0.1, 0.15) is 0 Å². The lowest BCUT2D eigenvalue weighted by atomic mass is 9.60. The van der Waals surface area contributed by atoms with Gasteiger partial charge in [-0.1, -0.05) is 18.2 Å². The number of hydrogen-bond donors (Lipinski definition) is 1. The molecule has 0 bridgehead atoms. The molecule has 3 aliphatic heterocycles. The van der Waals surface area contributed by atoms with Crippen molar-refractivity contribution in [1.82, 2.24) is 29.8 Å². The number of ether oxygens (including phenoxy) is 2. The summed E-state index contributed by atoms with van der Waals surface area (Å²) in [6.45, 7) is 14.8. The first-order valence-corrected chi connectivity index (χ1v) is 16.4. The molecule has 5 heterocycles. The maximum Gasteiger partial charge on any atom is 0.245 e. The molecular weight excluding hydrogens is 578 g/mol. The number of nitrogens with one attached hydrogen (secondary N) is 1. The van der Waals surface area contributed by atoms with E-state index in [2.05, 4.69) is 51.2 Å². The van der Waals surface area contributed by atoms with Crippen molar-refractivity contribution in [2.45, 2.75) is 64.1 Å². The van der Waals surface area contributed by atoms with E-state index in [4.69, 9.17) is 26.2 Å². The maximum atomic E-state index is 12.1. The summed E-state index contributed by atoms with van der Waals surface area (Å²) in [4.78, 5) is 19.2. The standard InChI is InChI=1S/C33H44ClN7O3/c1-5-28(42)39-19-33(20-39)15-25(16-33)41-22(3)29(30-26-17-35-36-27(26)14-21(2)31(30)34)32(37-41)40-10-9-38(18-24(40)6-11-43-4)23-7-12-44-13-8-23/h5,14,17,23-25H,1,6-13,15-16,18-20H2,2-4H3,(H,35,36). The highest BCUT2D eigenvalue weighted by Crippen LogP contribution is 2.55. The lowest BCUT2D eigenvalue weighted by Crippen LogP contribution is -2.63. The van der Waals surface area contributed by atoms with E-state index in [-0.39, 0.29) is 23.4 Å². The number of nitrogens with zero attached hydrogens (tertiary/aromatic N) is 6. The van der Waals surface area contributed by atoms with E-state index < -0.39 is 0 Å². The summed E-state index contributed by atoms with van der Waals surface area (Å²) in [5.74, 6) is 1.03. The fourth-order valence-corrected chi connectivity index (χ4v) is 8.51. The van der Waals surface area contributed by atoms with Crippen LogP contribution in [0.5, 0.6) is 0 Å². The van der Waals surface area contributed by atoms with Crippen molar-refractivity contribution in [1.29, 1.82) is 0 Å². The number of fused-ring (bicyclic) bond motifs is 1. The number of hydrogen-bond acceptors (Lipinski definition) is 7. The van der Waals surface area contributed by atoms with E-state index >= 15 is 0 Å². The lowest BCUT2D eigenvalue weighted by molar-refractivity contribution is -0.149. The number of anilines is 1. The molecule has 7 rings (SSSR count). The normalized spacial score (nSPS) is 22.9. The van der Waals surface area contributed by atoms with Crippen molar-refractivity contribution in [2.24, 2.45) is 5.41 Å². The Hall–Kier alpha value is -2.92. The SMILES string of the molecule is C=CC(=O)N1CC2(CC(n3nc(N4CCN(C5CCOCC5)CC4CCOC)c(-c4c(Cl)c(C)cc5[nH]ncc45)c3C)C2)C1. The minimum Gasteiger partial charge on any atom is -0.385 e. The monoisotopic (exact) mass is 621 g/mol. The second-order valence-electron chi connectivity index (χ2n) is 13.4. The highest BCUT2D eigenvalue weighted by Gasteiger charge is 2.54. The molecule has 1 spiro atoms. The summed E-state index contributed by atoms with van der Waals surface area (Å²) in [5, 5.41) is 14.8. The summed E-state index contributed by atoms with van der Waals surface area (Å²) >= 11 is 7.18. The second kappa shape index (κ2) is 11.8. The minimum absolute atomic E-state index is 0.0270. The third-order valence-electron chi connectivity index (χ3n) is 10.6. The van der Waals surface area contributed by atoms with Crippen LogP contribution in [0.2, 0.25) is 5.02 Å². The molecule has 1 aromatic carbocycles. The lowest BCUT2D eigenvalue weighted by Gasteiger charge is -2.58. The van der Waals surface area contributed by atoms with Crippen LogP contribution in [-0.4, -0.2) is 107 Å². The highest BCUT2D eigenvalue weighted by atomic mass is 35.5. The molecule has 11 heteroatoms. The second-order valence-corrected chi connectivity index (χ2v) is 13.7. The number of aromatic amines is 1. The Balaban J connectivity index is 1.26. The van der Waals surface area contributed by atoms with Crippen LogP contribution in [0.3, 0.4) is 0 Å². The number of piperazine rings is 1. The van der Waals surface area contributed by atoms with Gasteiger partial charge in [0.05, 0.1) is 22.8 Å². The zero-order valence-corrected chi connectivity index (χ0v) is 26.9. The van der Waals surface area contributed by atoms with Crippen LogP contribution in [-0.2, 0) is 14.3 Å². The van der Waals surface area contributed by atoms with E-state index in [1.54, 1.807) is 7.11 Å². The van der Waals surface area contributed by atoms with Gasteiger partial charge in [0.2, 0.25) is 5.91 Å². The number of likely N-dealkylation sites (tertiary alicyclic amines) is 1. The molecule has 4 fully saturated rings. The zero-order valence-electron chi connectivity index (χ0n) is 26.1. The number of halogens is 1. The molecule has 4 aliphatic rings. The number of aromatic nitrogens is 4. The molecule has 3 aromatic rings. The van der Waals surface area contributed by atoms with Crippen LogP contribution in [0.25, 0.3) is 22.0 Å². The number of methoxy groups -OCH3 is 1. The van der Waals surface area contributed by atoms with Gasteiger partial charge < -0.3 is 19.3 Å². The Morgan fingerprint density at radius 3 is 2.70 bits per heavy atom. The Morgan fingerprint density at radius 2 is 1.98 bits per heavy atom. The molecule has 1 unspecified atom stereocenters. The number of carbonyl (C=O) groups excluding carboxylic acids is 1. The predicted molar refractivity (Wildman–Crippen MR) is 172 cm³/mol. The first kappa shape index (κ1) is 29.8. The Bertz CT molecular complexity index is 1550. The number of benzene rings is 1. The topological polar surface area (TPSA) is 91.8 Å². The fourth-order valence-electron chi connectivity index (χ4n) is 8.26. The molecule has 1 N–H and O–H groups in total. The Morgan fingerprint density at radius 1 is 1.20 bits per heavy atom. The number of rotatable bonds is 8. The van der Waals surface area contributed by atoms with Crippen LogP contribution in [0.4, 0.5) is 5.82 Å². The maximum absolute atomic E-state index is 12.1. The largest absolute Gasteiger partial charge is 0.385 e. The molecule has 44 heavy (non-hydrogen) atoms. The molecule has 10 nitrogen and oxygen atoms in total. The Labute approximate surface area is 264 Å². The third-order valence-corrected chi connectivity index (χ3v) is 11.1. The summed E-state index contributed by atoms with van der Waals surface area (Å²) in [6, 6.07) is 3.18. The van der Waals surface area contributed by atoms with Gasteiger partial charge in [-0.05, 0) is 63.7 Å². The van der Waals surface area contributed by atoms with E-state index in [1.165, 1.54) is 6.08 Å². The molecule has 0 radical (unpaired) electrons. The predicted octanol–water partition coefficient (Wildman–Crippen LogP) is 4.75. The van der Waals surface area contributed by atoms with Gasteiger partial charge in [0.25, 0.3) is 0 Å². The molecule has 1 saturated carbocycles. The Kier molecular flexibility index (Phi) is 7.97. The minimum atomic E-state index is 0.0270. The van der Waals surface area contributed by atoms with Crippen molar-refractivity contribution in [2.75, 3.05) is 64.6 Å². The fraction of sp³-hybridized carbons (Fsp3) is 0.606. The van der Waals surface area contributed by atoms with Crippen LogP contribution in [0.1, 0.15) is 49.4 Å². The van der Waals surface area contributed by atoms with E-state index in [1.807, 2.05) is 11.1 Å². The van der Waals surface area contributed by atoms with Crippen molar-refractivity contribution in [3.63, 3.8) is 0 Å². The van der Waals surface area contributed by atoms with E-state index in [0.29, 0.717) is 12.6 Å². The van der Waals surface area contributed by atoms with Gasteiger partial charge in [-0.15, -0.1) is 0 Å². The molecular formula is C33H44ClN7O3.